The van der Waals surface area contributed by atoms with E-state index < -0.39 is 16.5 Å². The van der Waals surface area contributed by atoms with E-state index in [0.717, 1.165) is 45.5 Å². The lowest BCUT2D eigenvalue weighted by Crippen LogP contribution is -2.57. The quantitative estimate of drug-likeness (QED) is 0.0553. The molecule has 1 amide bonds. The van der Waals surface area contributed by atoms with Crippen LogP contribution < -0.4 is 5.32 Å². The normalized spacial score (nSPS) is 21.0. The van der Waals surface area contributed by atoms with E-state index in [1.165, 1.54) is 6.42 Å². The van der Waals surface area contributed by atoms with E-state index in [2.05, 4.69) is 217 Å². The summed E-state index contributed by atoms with van der Waals surface area (Å²) in [6.07, 6.45) is 12.2. The number of carbonyl (C=O) groups excluding carboxylic acids is 2. The maximum atomic E-state index is 16.3. The number of nitriles is 1. The van der Waals surface area contributed by atoms with Crippen LogP contribution in [0.1, 0.15) is 94.3 Å². The number of rotatable bonds is 17. The number of carbonyl (C=O) groups is 2. The van der Waals surface area contributed by atoms with Gasteiger partial charge in [-0.1, -0.05) is 203 Å². The van der Waals surface area contributed by atoms with Crippen molar-refractivity contribution < 1.29 is 9.59 Å². The van der Waals surface area contributed by atoms with Crippen molar-refractivity contribution in [3.63, 3.8) is 0 Å². The molecule has 13 rings (SSSR count). The van der Waals surface area contributed by atoms with Gasteiger partial charge in [-0.15, -0.1) is 0 Å². The molecule has 3 heterocycles. The molecule has 4 fully saturated rings. The highest BCUT2D eigenvalue weighted by molar-refractivity contribution is 6.06. The lowest BCUT2D eigenvalue weighted by atomic mass is 9.43. The second-order valence-corrected chi connectivity index (χ2v) is 22.9. The summed E-state index contributed by atoms with van der Waals surface area (Å²) in [5.74, 6) is 1.83. The molecule has 3 aliphatic carbocycles. The zero-order valence-corrected chi connectivity index (χ0v) is 45.1. The Morgan fingerprint density at radius 3 is 1.58 bits per heavy atom. The van der Waals surface area contributed by atoms with Crippen LogP contribution in [-0.2, 0) is 35.1 Å². The van der Waals surface area contributed by atoms with E-state index in [0.29, 0.717) is 53.5 Å². The molecule has 9 aromatic rings. The Labute approximate surface area is 464 Å². The Hall–Kier alpha value is -8.87. The molecule has 7 aromatic carbocycles. The first kappa shape index (κ1) is 50.9. The summed E-state index contributed by atoms with van der Waals surface area (Å²) >= 11 is 0. The number of ketones is 1. The van der Waals surface area contributed by atoms with E-state index in [1.807, 2.05) is 35.8 Å². The molecule has 3 saturated carbocycles. The average molecular weight is 1040 g/mol. The number of nitrogens with one attached hydrogen (secondary N) is 1. The number of hydrogen-bond donors (Lipinski definition) is 1. The molecule has 2 aromatic heterocycles. The second-order valence-electron chi connectivity index (χ2n) is 22.9. The zero-order chi connectivity index (χ0) is 54.2. The summed E-state index contributed by atoms with van der Waals surface area (Å²) in [7, 11) is 0. The maximum Gasteiger partial charge on any atom is 0.254 e. The first-order valence-electron chi connectivity index (χ1n) is 27.8. The van der Waals surface area contributed by atoms with Crippen molar-refractivity contribution in [3.05, 3.63) is 299 Å². The maximum absolute atomic E-state index is 16.3. The van der Waals surface area contributed by atoms with Gasteiger partial charge in [-0.2, -0.15) is 5.26 Å². The predicted octanol–water partition coefficient (Wildman–Crippen LogP) is 12.8. The summed E-state index contributed by atoms with van der Waals surface area (Å²) < 4.78 is 4.36. The van der Waals surface area contributed by atoms with E-state index in [1.54, 1.807) is 30.3 Å². The molecule has 5 unspecified atom stereocenters. The first-order chi connectivity index (χ1) is 38.5. The molecule has 1 saturated heterocycles. The van der Waals surface area contributed by atoms with Gasteiger partial charge in [-0.3, -0.25) is 14.5 Å². The number of amides is 1. The zero-order valence-electron chi connectivity index (χ0n) is 45.1. The van der Waals surface area contributed by atoms with Gasteiger partial charge >= 0.3 is 0 Å². The van der Waals surface area contributed by atoms with E-state index >= 15 is 4.79 Å². The molecule has 392 valence electrons. The standard InChI is InChI=1S/C70H65N7O2/c1-50-53(38-60-39-63(50)67(60,2)3)44-77-65(40-64(78)52-36-34-51(43-71)35-37-52)74-68(66(77)79,42-62-46-76(49-73-62)70(57-28-16-7-17-29-57,58-30-18-8-19-31-58)59-32-20-9-21-33-59)41-61-45-75(48-72-61)47-69(54-22-10-4-11-23-54,55-24-12-5-13-25-55)56-26-14-6-15-27-56/h4-37,40,45-46,48-50,53,60,63,74H,38-39,41-42,44,47H2,1-3H3/b65-40+. The summed E-state index contributed by atoms with van der Waals surface area (Å²) in [6.45, 7) is 8.17. The summed E-state index contributed by atoms with van der Waals surface area (Å²) in [4.78, 5) is 43.1. The minimum absolute atomic E-state index is 0.117. The molecule has 9 nitrogen and oxygen atoms in total. The smallest absolute Gasteiger partial charge is 0.254 e. The number of imidazole rings is 2. The SMILES string of the molecule is CC1C(CN2C(=O)C(Cc3cn(CC(c4ccccc4)(c4ccccc4)c4ccccc4)cn3)(Cc3cn(C(c4ccccc4)(c4ccccc4)c4ccccc4)cn3)N/C2=C\C(=O)c2ccc(C#N)cc2)CC2CC1C2(C)C. The van der Waals surface area contributed by atoms with Crippen molar-refractivity contribution in [2.24, 2.45) is 29.1 Å². The second kappa shape index (κ2) is 20.8. The topological polar surface area (TPSA) is 109 Å². The third-order valence-corrected chi connectivity index (χ3v) is 18.3. The highest BCUT2D eigenvalue weighted by atomic mass is 16.2. The minimum Gasteiger partial charge on any atom is -0.356 e. The van der Waals surface area contributed by atoms with Gasteiger partial charge in [0, 0.05) is 50.0 Å². The largest absolute Gasteiger partial charge is 0.356 e. The van der Waals surface area contributed by atoms with Crippen molar-refractivity contribution >= 4 is 11.7 Å². The van der Waals surface area contributed by atoms with Crippen LogP contribution in [0.2, 0.25) is 0 Å². The lowest BCUT2D eigenvalue weighted by molar-refractivity contribution is -0.142. The van der Waals surface area contributed by atoms with Gasteiger partial charge in [0.2, 0.25) is 0 Å². The molecule has 5 atom stereocenters. The molecule has 4 aliphatic rings. The van der Waals surface area contributed by atoms with Crippen LogP contribution in [0, 0.1) is 40.4 Å². The fourth-order valence-corrected chi connectivity index (χ4v) is 14.0. The van der Waals surface area contributed by atoms with E-state index in [-0.39, 0.29) is 35.9 Å². The van der Waals surface area contributed by atoms with Crippen LogP contribution >= 0.6 is 0 Å². The molecule has 1 aliphatic heterocycles. The number of aromatic nitrogens is 4. The van der Waals surface area contributed by atoms with Gasteiger partial charge in [0.15, 0.2) is 5.78 Å². The molecule has 0 radical (unpaired) electrons. The number of fused-ring (bicyclic) bond motifs is 2. The minimum atomic E-state index is -1.32. The van der Waals surface area contributed by atoms with Gasteiger partial charge < -0.3 is 14.5 Å². The van der Waals surface area contributed by atoms with Crippen LogP contribution in [0.15, 0.2) is 243 Å². The molecule has 1 N–H and O–H groups in total. The third-order valence-electron chi connectivity index (χ3n) is 18.3. The Bertz CT molecular complexity index is 3470. The van der Waals surface area contributed by atoms with Crippen LogP contribution in [0.5, 0.6) is 0 Å². The summed E-state index contributed by atoms with van der Waals surface area (Å²) in [5, 5.41) is 13.4. The first-order valence-corrected chi connectivity index (χ1v) is 27.8. The lowest BCUT2D eigenvalue weighted by Gasteiger charge is -2.62. The number of nitrogens with zero attached hydrogens (tertiary/aromatic N) is 6. The number of allylic oxidation sites excluding steroid dienone is 1. The number of benzene rings is 7. The highest BCUT2D eigenvalue weighted by Crippen LogP contribution is 2.63. The van der Waals surface area contributed by atoms with Gasteiger partial charge in [0.1, 0.15) is 16.9 Å². The van der Waals surface area contributed by atoms with Crippen molar-refractivity contribution in [1.29, 1.82) is 5.26 Å². The van der Waals surface area contributed by atoms with Gasteiger partial charge in [-0.05, 0) is 99.6 Å². The van der Waals surface area contributed by atoms with Gasteiger partial charge in [-0.25, -0.2) is 9.97 Å². The van der Waals surface area contributed by atoms with E-state index in [4.69, 9.17) is 9.97 Å². The van der Waals surface area contributed by atoms with Crippen molar-refractivity contribution in [2.45, 2.75) is 69.5 Å². The molecule has 0 spiro atoms. The Balaban J connectivity index is 0.989. The van der Waals surface area contributed by atoms with Gasteiger partial charge in [0.25, 0.3) is 5.91 Å². The monoisotopic (exact) mass is 1040 g/mol. The molecular weight excluding hydrogens is 971 g/mol. The number of hydrogen-bond acceptors (Lipinski definition) is 6. The van der Waals surface area contributed by atoms with Crippen LogP contribution in [0.4, 0.5) is 0 Å². The van der Waals surface area contributed by atoms with E-state index in [9.17, 15) is 10.1 Å². The van der Waals surface area contributed by atoms with Crippen molar-refractivity contribution in [2.75, 3.05) is 6.54 Å². The third kappa shape index (κ3) is 9.09. The summed E-state index contributed by atoms with van der Waals surface area (Å²) in [5.41, 5.74) is 6.47. The Morgan fingerprint density at radius 2 is 1.11 bits per heavy atom. The molecule has 2 bridgehead atoms. The summed E-state index contributed by atoms with van der Waals surface area (Å²) in [6, 6.07) is 72.4. The van der Waals surface area contributed by atoms with Crippen LogP contribution in [-0.4, -0.2) is 47.8 Å². The average Bonchev–Trinajstić information content (AvgIpc) is 4.37. The fourth-order valence-electron chi connectivity index (χ4n) is 14.0. The highest BCUT2D eigenvalue weighted by Gasteiger charge is 2.58. The van der Waals surface area contributed by atoms with Crippen LogP contribution in [0.3, 0.4) is 0 Å². The molecule has 79 heavy (non-hydrogen) atoms. The van der Waals surface area contributed by atoms with Crippen molar-refractivity contribution in [3.8, 4) is 6.07 Å². The molecular formula is C70H65N7O2. The molecule has 9 heteroatoms. The van der Waals surface area contributed by atoms with Crippen LogP contribution in [0.25, 0.3) is 0 Å². The van der Waals surface area contributed by atoms with Crippen molar-refractivity contribution in [1.82, 2.24) is 29.3 Å². The predicted molar refractivity (Wildman–Crippen MR) is 309 cm³/mol. The Morgan fingerprint density at radius 1 is 0.646 bits per heavy atom. The fraction of sp³-hybridized carbons (Fsp3) is 0.243. The van der Waals surface area contributed by atoms with Gasteiger partial charge in [0.05, 0.1) is 41.1 Å². The Kier molecular flexibility index (Phi) is 13.4.